The number of unbranched alkanes of at least 4 members (excludes halogenated alkanes) is 1. The van der Waals surface area contributed by atoms with Crippen LogP contribution in [0.15, 0.2) is 12.1 Å². The summed E-state index contributed by atoms with van der Waals surface area (Å²) in [5, 5.41) is 23.6. The number of rotatable bonds is 13. The number of halogens is 2. The Morgan fingerprint density at radius 1 is 1.08 bits per heavy atom. The number of carboxylic acids is 1. The van der Waals surface area contributed by atoms with Crippen LogP contribution >= 0.6 is 11.5 Å². The van der Waals surface area contributed by atoms with Gasteiger partial charge in [0.05, 0.1) is 5.56 Å². The molecule has 0 spiro atoms. The van der Waals surface area contributed by atoms with Crippen LogP contribution in [0.25, 0.3) is 0 Å². The number of benzene rings is 1. The van der Waals surface area contributed by atoms with Crippen molar-refractivity contribution in [2.24, 2.45) is 0 Å². The summed E-state index contributed by atoms with van der Waals surface area (Å²) in [6, 6.07) is 1.73. The van der Waals surface area contributed by atoms with Gasteiger partial charge in [-0.1, -0.05) is 0 Å². The third kappa shape index (κ3) is 8.59. The summed E-state index contributed by atoms with van der Waals surface area (Å²) in [4.78, 5) is 28.7. The highest BCUT2D eigenvalue weighted by molar-refractivity contribution is 7.11. The van der Waals surface area contributed by atoms with Crippen LogP contribution in [0.4, 0.5) is 18.6 Å². The van der Waals surface area contributed by atoms with E-state index in [1.807, 2.05) is 0 Å². The van der Waals surface area contributed by atoms with Gasteiger partial charge >= 0.3 is 12.0 Å². The van der Waals surface area contributed by atoms with Crippen LogP contribution in [-0.4, -0.2) is 88.8 Å². The molecule has 37 heavy (non-hydrogen) atoms. The first-order valence-corrected chi connectivity index (χ1v) is 13.0. The number of carboxylic acid groups (broad SMARTS) is 1. The number of carbonyl (C=O) groups excluding carboxylic acids is 1. The lowest BCUT2D eigenvalue weighted by atomic mass is 10.1. The maximum absolute atomic E-state index is 14.1. The second-order valence-electron chi connectivity index (χ2n) is 8.84. The fourth-order valence-corrected chi connectivity index (χ4v) is 4.72. The number of nitrogens with one attached hydrogen (secondary N) is 2. The van der Waals surface area contributed by atoms with E-state index >= 15 is 0 Å². The number of anilines is 1. The molecule has 1 aliphatic rings. The second-order valence-corrected chi connectivity index (χ2v) is 9.61. The largest absolute Gasteiger partial charge is 0.477 e. The first-order valence-electron chi connectivity index (χ1n) is 12.2. The summed E-state index contributed by atoms with van der Waals surface area (Å²) in [5.41, 5.74) is -0.318. The van der Waals surface area contributed by atoms with Crippen LogP contribution in [0.5, 0.6) is 5.88 Å². The molecule has 204 valence electrons. The summed E-state index contributed by atoms with van der Waals surface area (Å²) < 4.78 is 37.3. The van der Waals surface area contributed by atoms with Gasteiger partial charge in [-0.05, 0) is 62.0 Å². The number of carbonyl (C=O) groups is 2. The highest BCUT2D eigenvalue weighted by Gasteiger charge is 2.24. The number of aryl methyl sites for hydroxylation is 1. The number of urea groups is 1. The van der Waals surface area contributed by atoms with Crippen LogP contribution in [0.3, 0.4) is 0 Å². The van der Waals surface area contributed by atoms with E-state index in [0.717, 1.165) is 70.7 Å². The molecular weight excluding hydrogens is 508 g/mol. The van der Waals surface area contributed by atoms with Gasteiger partial charge in [-0.15, -0.1) is 0 Å². The SMILES string of the molecule is Cc1cc(F)c(COc2nsc(NC(=O)NCCCCN3CCN(CCCO)CC3)c2C(=O)O)c(F)c1. The Morgan fingerprint density at radius 3 is 2.30 bits per heavy atom. The fourth-order valence-electron chi connectivity index (χ4n) is 4.00. The van der Waals surface area contributed by atoms with Crippen molar-refractivity contribution in [2.75, 3.05) is 57.7 Å². The van der Waals surface area contributed by atoms with Crippen LogP contribution in [-0.2, 0) is 6.61 Å². The van der Waals surface area contributed by atoms with Crippen molar-refractivity contribution in [3.8, 4) is 5.88 Å². The van der Waals surface area contributed by atoms with Crippen molar-refractivity contribution < 1.29 is 33.3 Å². The van der Waals surface area contributed by atoms with Gasteiger partial charge < -0.3 is 30.1 Å². The monoisotopic (exact) mass is 541 g/mol. The molecule has 0 atom stereocenters. The molecule has 1 saturated heterocycles. The average molecular weight is 542 g/mol. The molecule has 10 nitrogen and oxygen atoms in total. The van der Waals surface area contributed by atoms with Crippen LogP contribution in [0, 0.1) is 18.6 Å². The van der Waals surface area contributed by atoms with Gasteiger partial charge in [-0.3, -0.25) is 5.32 Å². The fraction of sp³-hybridized carbons (Fsp3) is 0.542. The minimum atomic E-state index is -1.39. The highest BCUT2D eigenvalue weighted by atomic mass is 32.1. The molecule has 3 rings (SSSR count). The van der Waals surface area contributed by atoms with Gasteiger partial charge in [0.2, 0.25) is 5.88 Å². The number of aromatic carboxylic acids is 1. The van der Waals surface area contributed by atoms with Gasteiger partial charge in [0.15, 0.2) is 5.56 Å². The summed E-state index contributed by atoms with van der Waals surface area (Å²) in [7, 11) is 0. The van der Waals surface area contributed by atoms with Crippen molar-refractivity contribution in [3.63, 3.8) is 0 Å². The molecule has 4 N–H and O–H groups in total. The predicted octanol–water partition coefficient (Wildman–Crippen LogP) is 2.91. The van der Waals surface area contributed by atoms with Crippen molar-refractivity contribution in [2.45, 2.75) is 32.8 Å². The Kier molecular flexibility index (Phi) is 11.0. The molecule has 0 unspecified atom stereocenters. The van der Waals surface area contributed by atoms with E-state index in [1.165, 1.54) is 0 Å². The molecule has 0 radical (unpaired) electrons. The second kappa shape index (κ2) is 14.2. The van der Waals surface area contributed by atoms with Crippen molar-refractivity contribution in [3.05, 3.63) is 40.5 Å². The van der Waals surface area contributed by atoms with Crippen LogP contribution < -0.4 is 15.4 Å². The van der Waals surface area contributed by atoms with Crippen molar-refractivity contribution in [1.29, 1.82) is 0 Å². The third-order valence-electron chi connectivity index (χ3n) is 6.02. The number of aliphatic hydroxyl groups excluding tert-OH is 1. The summed E-state index contributed by atoms with van der Waals surface area (Å²) in [6.07, 6.45) is 2.46. The topological polar surface area (TPSA) is 127 Å². The zero-order valence-corrected chi connectivity index (χ0v) is 21.6. The first kappa shape index (κ1) is 28.7. The molecule has 2 amide bonds. The molecule has 13 heteroatoms. The number of aromatic nitrogens is 1. The zero-order valence-electron chi connectivity index (χ0n) is 20.8. The molecule has 1 aromatic heterocycles. The Balaban J connectivity index is 1.41. The number of hydrogen-bond donors (Lipinski definition) is 4. The Labute approximate surface area is 218 Å². The number of amides is 2. The van der Waals surface area contributed by atoms with Crippen molar-refractivity contribution in [1.82, 2.24) is 19.5 Å². The molecule has 2 heterocycles. The minimum absolute atomic E-state index is 0.0380. The number of aliphatic hydroxyl groups is 1. The molecule has 0 bridgehead atoms. The molecular formula is C24H33F2N5O5S. The Bertz CT molecular complexity index is 1040. The van der Waals surface area contributed by atoms with Crippen LogP contribution in [0.2, 0.25) is 0 Å². The average Bonchev–Trinajstić information content (AvgIpc) is 3.25. The molecule has 1 fully saturated rings. The summed E-state index contributed by atoms with van der Waals surface area (Å²) >= 11 is 0.706. The smallest absolute Gasteiger partial charge is 0.344 e. The molecule has 1 aromatic carbocycles. The lowest BCUT2D eigenvalue weighted by Gasteiger charge is -2.34. The predicted molar refractivity (Wildman–Crippen MR) is 135 cm³/mol. The number of hydrogen-bond acceptors (Lipinski definition) is 8. The number of ether oxygens (including phenoxy) is 1. The van der Waals surface area contributed by atoms with Crippen molar-refractivity contribution >= 4 is 28.5 Å². The summed E-state index contributed by atoms with van der Waals surface area (Å²) in [5.74, 6) is -3.32. The van der Waals surface area contributed by atoms with E-state index in [-0.39, 0.29) is 28.6 Å². The van der Waals surface area contributed by atoms with Gasteiger partial charge in [-0.25, -0.2) is 18.4 Å². The normalized spacial score (nSPS) is 14.5. The Hall–Kier alpha value is -2.87. The van der Waals surface area contributed by atoms with E-state index < -0.39 is 30.2 Å². The lowest BCUT2D eigenvalue weighted by Crippen LogP contribution is -2.46. The molecule has 0 saturated carbocycles. The molecule has 1 aliphatic heterocycles. The van der Waals surface area contributed by atoms with E-state index in [9.17, 15) is 23.5 Å². The minimum Gasteiger partial charge on any atom is -0.477 e. The standard InChI is InChI=1S/C24H33F2N5O5S/c1-16-13-18(25)17(19(26)14-16)15-36-21-20(23(33)34)22(37-29-21)28-24(35)27-5-2-3-6-30-8-10-31(11-9-30)7-4-12-32/h13-14,32H,2-12,15H2,1H3,(H,33,34)(H2,27,28,35). The van der Waals surface area contributed by atoms with Gasteiger partial charge in [0.25, 0.3) is 0 Å². The van der Waals surface area contributed by atoms with E-state index in [0.29, 0.717) is 23.6 Å². The highest BCUT2D eigenvalue weighted by Crippen LogP contribution is 2.31. The third-order valence-corrected chi connectivity index (χ3v) is 6.77. The molecule has 2 aromatic rings. The van der Waals surface area contributed by atoms with E-state index in [2.05, 4.69) is 24.8 Å². The maximum Gasteiger partial charge on any atom is 0.344 e. The summed E-state index contributed by atoms with van der Waals surface area (Å²) in [6.45, 7) is 7.42. The van der Waals surface area contributed by atoms with E-state index in [1.54, 1.807) is 6.92 Å². The van der Waals surface area contributed by atoms with E-state index in [4.69, 9.17) is 9.84 Å². The zero-order chi connectivity index (χ0) is 26.8. The first-order chi connectivity index (χ1) is 17.8. The maximum atomic E-state index is 14.1. The molecule has 0 aliphatic carbocycles. The van der Waals surface area contributed by atoms with Gasteiger partial charge in [0, 0.05) is 45.9 Å². The van der Waals surface area contributed by atoms with Gasteiger partial charge in [-0.2, -0.15) is 4.37 Å². The number of nitrogens with zero attached hydrogens (tertiary/aromatic N) is 3. The number of piperazine rings is 1. The van der Waals surface area contributed by atoms with Crippen LogP contribution in [0.1, 0.15) is 40.7 Å². The van der Waals surface area contributed by atoms with Gasteiger partial charge in [0.1, 0.15) is 23.2 Å². The lowest BCUT2D eigenvalue weighted by molar-refractivity contribution is 0.0693. The quantitative estimate of drug-likeness (QED) is 0.285. The Morgan fingerprint density at radius 2 is 1.70 bits per heavy atom.